The molecule has 0 atom stereocenters. The molecule has 4 aromatic rings. The van der Waals surface area contributed by atoms with Gasteiger partial charge < -0.3 is 4.98 Å². The molecule has 29 heavy (non-hydrogen) atoms. The highest BCUT2D eigenvalue weighted by atomic mass is 32.2. The van der Waals surface area contributed by atoms with Gasteiger partial charge in [0.05, 0.1) is 16.8 Å². The molecule has 6 nitrogen and oxygen atoms in total. The molecule has 0 aliphatic rings. The number of fused-ring (bicyclic) bond motifs is 1. The topological polar surface area (TPSA) is 87.7 Å². The fraction of sp³-hybridized carbons (Fsp3) is 0.143. The maximum absolute atomic E-state index is 14.9. The number of H-pyrrole nitrogens is 1. The fourth-order valence-corrected chi connectivity index (χ4v) is 4.64. The number of nitrogens with zero attached hydrogens (tertiary/aromatic N) is 2. The second kappa shape index (κ2) is 7.38. The minimum absolute atomic E-state index is 0.106. The molecule has 0 unspecified atom stereocenters. The largest absolute Gasteiger partial charge is 0.345 e. The van der Waals surface area contributed by atoms with Crippen molar-refractivity contribution in [1.29, 1.82) is 0 Å². The molecule has 0 saturated heterocycles. The van der Waals surface area contributed by atoms with Crippen LogP contribution in [0.3, 0.4) is 0 Å². The van der Waals surface area contributed by atoms with Crippen LogP contribution in [0.5, 0.6) is 0 Å². The first-order valence-electron chi connectivity index (χ1n) is 9.07. The summed E-state index contributed by atoms with van der Waals surface area (Å²) in [5.74, 6) is -0.504. The summed E-state index contributed by atoms with van der Waals surface area (Å²) in [5.41, 5.74) is 2.86. The minimum Gasteiger partial charge on any atom is -0.345 e. The normalized spacial score (nSPS) is 12.0. The first-order chi connectivity index (χ1) is 13.8. The van der Waals surface area contributed by atoms with Crippen LogP contribution in [-0.2, 0) is 10.0 Å². The first-order valence-corrected chi connectivity index (χ1v) is 10.6. The standard InChI is InChI=1S/C21H19FN4O2S/c1-13(2)26-29(27,28)20-6-4-3-5-15(20)14-7-8-16(17(22)11-14)19-12-24-21-18(25-19)9-10-23-21/h3-13,26H,1-2H3,(H,23,24). The van der Waals surface area contributed by atoms with Gasteiger partial charge in [0, 0.05) is 23.4 Å². The summed E-state index contributed by atoms with van der Waals surface area (Å²) in [7, 11) is -3.73. The first kappa shape index (κ1) is 19.2. The lowest BCUT2D eigenvalue weighted by Crippen LogP contribution is -2.30. The molecule has 0 fully saturated rings. The van der Waals surface area contributed by atoms with Crippen LogP contribution in [0.1, 0.15) is 13.8 Å². The van der Waals surface area contributed by atoms with Crippen molar-refractivity contribution in [1.82, 2.24) is 19.7 Å². The third kappa shape index (κ3) is 3.76. The van der Waals surface area contributed by atoms with Crippen molar-refractivity contribution in [3.8, 4) is 22.4 Å². The lowest BCUT2D eigenvalue weighted by Gasteiger charge is -2.14. The van der Waals surface area contributed by atoms with E-state index in [0.29, 0.717) is 33.5 Å². The van der Waals surface area contributed by atoms with Crippen molar-refractivity contribution in [2.45, 2.75) is 24.8 Å². The van der Waals surface area contributed by atoms with Crippen molar-refractivity contribution in [2.24, 2.45) is 0 Å². The van der Waals surface area contributed by atoms with Crippen LogP contribution in [0.2, 0.25) is 0 Å². The van der Waals surface area contributed by atoms with Crippen molar-refractivity contribution in [3.63, 3.8) is 0 Å². The van der Waals surface area contributed by atoms with Gasteiger partial charge in [-0.25, -0.2) is 27.5 Å². The zero-order valence-electron chi connectivity index (χ0n) is 15.8. The van der Waals surface area contributed by atoms with Crippen molar-refractivity contribution in [3.05, 3.63) is 66.7 Å². The predicted molar refractivity (Wildman–Crippen MR) is 110 cm³/mol. The molecule has 0 saturated carbocycles. The summed E-state index contributed by atoms with van der Waals surface area (Å²) in [6.45, 7) is 3.49. The Morgan fingerprint density at radius 1 is 1.07 bits per heavy atom. The number of aromatic nitrogens is 3. The molecule has 0 aliphatic carbocycles. The molecule has 0 amide bonds. The van der Waals surface area contributed by atoms with Gasteiger partial charge in [-0.2, -0.15) is 0 Å². The van der Waals surface area contributed by atoms with E-state index in [4.69, 9.17) is 0 Å². The van der Waals surface area contributed by atoms with E-state index < -0.39 is 15.8 Å². The van der Waals surface area contributed by atoms with E-state index >= 15 is 0 Å². The van der Waals surface area contributed by atoms with E-state index in [0.717, 1.165) is 0 Å². The van der Waals surface area contributed by atoms with Gasteiger partial charge in [-0.3, -0.25) is 0 Å². The van der Waals surface area contributed by atoms with Crippen LogP contribution in [0.4, 0.5) is 4.39 Å². The minimum atomic E-state index is -3.73. The molecular formula is C21H19FN4O2S. The van der Waals surface area contributed by atoms with Gasteiger partial charge in [0.2, 0.25) is 10.0 Å². The van der Waals surface area contributed by atoms with Crippen LogP contribution in [0.25, 0.3) is 33.5 Å². The molecule has 0 aliphatic heterocycles. The predicted octanol–water partition coefficient (Wildman–Crippen LogP) is 4.12. The number of halogens is 1. The van der Waals surface area contributed by atoms with Crippen LogP contribution < -0.4 is 4.72 Å². The van der Waals surface area contributed by atoms with Crippen LogP contribution in [-0.4, -0.2) is 29.4 Å². The summed E-state index contributed by atoms with van der Waals surface area (Å²) < 4.78 is 42.9. The summed E-state index contributed by atoms with van der Waals surface area (Å²) in [6, 6.07) is 12.6. The van der Waals surface area contributed by atoms with E-state index in [1.54, 1.807) is 56.4 Å². The summed E-state index contributed by atoms with van der Waals surface area (Å²) in [5, 5.41) is 0. The number of benzene rings is 2. The van der Waals surface area contributed by atoms with Crippen molar-refractivity contribution < 1.29 is 12.8 Å². The summed E-state index contributed by atoms with van der Waals surface area (Å²) in [6.07, 6.45) is 3.22. The smallest absolute Gasteiger partial charge is 0.241 e. The molecule has 0 spiro atoms. The fourth-order valence-electron chi connectivity index (χ4n) is 3.16. The third-order valence-electron chi connectivity index (χ3n) is 4.38. The quantitative estimate of drug-likeness (QED) is 0.518. The average molecular weight is 410 g/mol. The Hall–Kier alpha value is -3.10. The average Bonchev–Trinajstić information content (AvgIpc) is 3.15. The zero-order valence-corrected chi connectivity index (χ0v) is 16.7. The highest BCUT2D eigenvalue weighted by Gasteiger charge is 2.21. The van der Waals surface area contributed by atoms with Gasteiger partial charge in [-0.1, -0.05) is 24.3 Å². The number of rotatable bonds is 5. The van der Waals surface area contributed by atoms with Crippen LogP contribution in [0, 0.1) is 5.82 Å². The number of hydrogen-bond donors (Lipinski definition) is 2. The lowest BCUT2D eigenvalue weighted by molar-refractivity contribution is 0.570. The molecule has 2 aromatic carbocycles. The second-order valence-corrected chi connectivity index (χ2v) is 8.62. The molecule has 8 heteroatoms. The number of hydrogen-bond acceptors (Lipinski definition) is 4. The summed E-state index contributed by atoms with van der Waals surface area (Å²) in [4.78, 5) is 11.7. The number of aromatic amines is 1. The molecule has 2 aromatic heterocycles. The monoisotopic (exact) mass is 410 g/mol. The van der Waals surface area contributed by atoms with E-state index in [2.05, 4.69) is 19.7 Å². The van der Waals surface area contributed by atoms with Crippen molar-refractivity contribution >= 4 is 21.2 Å². The maximum atomic E-state index is 14.9. The third-order valence-corrected chi connectivity index (χ3v) is 6.10. The van der Waals surface area contributed by atoms with Gasteiger partial charge in [0.25, 0.3) is 0 Å². The van der Waals surface area contributed by atoms with Gasteiger partial charge in [0.15, 0.2) is 5.65 Å². The van der Waals surface area contributed by atoms with E-state index in [1.807, 2.05) is 0 Å². The Balaban J connectivity index is 1.77. The Labute approximate surface area is 167 Å². The molecule has 4 rings (SSSR count). The Morgan fingerprint density at radius 2 is 1.86 bits per heavy atom. The second-order valence-electron chi connectivity index (χ2n) is 6.93. The van der Waals surface area contributed by atoms with Gasteiger partial charge in [-0.15, -0.1) is 0 Å². The zero-order chi connectivity index (χ0) is 20.6. The lowest BCUT2D eigenvalue weighted by atomic mass is 10.0. The van der Waals surface area contributed by atoms with E-state index in [-0.39, 0.29) is 10.9 Å². The molecule has 2 heterocycles. The molecule has 2 N–H and O–H groups in total. The van der Waals surface area contributed by atoms with E-state index in [9.17, 15) is 12.8 Å². The highest BCUT2D eigenvalue weighted by Crippen LogP contribution is 2.31. The summed E-state index contributed by atoms with van der Waals surface area (Å²) >= 11 is 0. The molecule has 0 bridgehead atoms. The molecule has 148 valence electrons. The maximum Gasteiger partial charge on any atom is 0.241 e. The number of sulfonamides is 1. The van der Waals surface area contributed by atoms with E-state index in [1.165, 1.54) is 18.3 Å². The number of nitrogens with one attached hydrogen (secondary N) is 2. The Kier molecular flexibility index (Phi) is 4.89. The molecule has 0 radical (unpaired) electrons. The Bertz CT molecular complexity index is 1300. The van der Waals surface area contributed by atoms with Crippen molar-refractivity contribution in [2.75, 3.05) is 0 Å². The van der Waals surface area contributed by atoms with Crippen LogP contribution >= 0.6 is 0 Å². The van der Waals surface area contributed by atoms with Gasteiger partial charge in [-0.05, 0) is 43.7 Å². The van der Waals surface area contributed by atoms with Gasteiger partial charge in [0.1, 0.15) is 11.3 Å². The molecular weight excluding hydrogens is 391 g/mol. The Morgan fingerprint density at radius 3 is 2.62 bits per heavy atom. The van der Waals surface area contributed by atoms with Crippen LogP contribution in [0.15, 0.2) is 65.8 Å². The SMILES string of the molecule is CC(C)NS(=O)(=O)c1ccccc1-c1ccc(-c2cnc3[nH]ccc3n2)c(F)c1. The highest BCUT2D eigenvalue weighted by molar-refractivity contribution is 7.89. The van der Waals surface area contributed by atoms with Gasteiger partial charge >= 0.3 is 0 Å².